The molecule has 0 aliphatic carbocycles. The van der Waals surface area contributed by atoms with Crippen LogP contribution in [0.5, 0.6) is 0 Å². The Balaban J connectivity index is 3.82. The molecule has 0 saturated carbocycles. The van der Waals surface area contributed by atoms with Crippen LogP contribution in [0, 0.1) is 0 Å². The van der Waals surface area contributed by atoms with Gasteiger partial charge in [-0.25, -0.2) is 0 Å². The van der Waals surface area contributed by atoms with E-state index >= 15 is 0 Å². The van der Waals surface area contributed by atoms with E-state index in [-0.39, 0.29) is 0 Å². The van der Waals surface area contributed by atoms with Gasteiger partial charge in [-0.1, -0.05) is 0 Å². The van der Waals surface area contributed by atoms with Crippen LogP contribution >= 0.6 is 0 Å². The molecule has 62 valence electrons. The van der Waals surface area contributed by atoms with Crippen LogP contribution in [0.3, 0.4) is 0 Å². The van der Waals surface area contributed by atoms with Gasteiger partial charge >= 0.3 is 0 Å². The second kappa shape index (κ2) is 5.58. The molecule has 1 unspecified atom stereocenters. The molecule has 0 spiro atoms. The molecule has 0 aliphatic heterocycles. The zero-order chi connectivity index (χ0) is 8.69. The summed E-state index contributed by atoms with van der Waals surface area (Å²) < 4.78 is 0. The number of nitrogens with zero attached hydrogens (tertiary/aromatic N) is 1. The van der Waals surface area contributed by atoms with E-state index in [9.17, 15) is 14.4 Å². The summed E-state index contributed by atoms with van der Waals surface area (Å²) in [6, 6.07) is -0.460. The lowest BCUT2D eigenvalue weighted by Gasteiger charge is -2.17. The van der Waals surface area contributed by atoms with E-state index in [4.69, 9.17) is 0 Å². The Hall–Kier alpha value is -1.19. The Kier molecular flexibility index (Phi) is 4.98. The molecule has 0 aromatic carbocycles. The van der Waals surface area contributed by atoms with E-state index in [1.807, 2.05) is 0 Å². The second-order valence-corrected chi connectivity index (χ2v) is 2.22. The van der Waals surface area contributed by atoms with Gasteiger partial charge in [-0.3, -0.25) is 4.79 Å². The van der Waals surface area contributed by atoms with Crippen molar-refractivity contribution in [3.63, 3.8) is 0 Å². The van der Waals surface area contributed by atoms with Gasteiger partial charge in [0.25, 0.3) is 0 Å². The normalized spacial score (nSPS) is 11.7. The maximum Gasteiger partial charge on any atom is 0.210 e. The third-order valence-electron chi connectivity index (χ3n) is 1.43. The number of carbonyl (C=O) groups excluding carboxylic acids is 3. The molecule has 0 aromatic heterocycles. The van der Waals surface area contributed by atoms with Crippen molar-refractivity contribution in [3.8, 4) is 0 Å². The molecule has 0 fully saturated rings. The fraction of sp³-hybridized carbons (Fsp3) is 0.571. The summed E-state index contributed by atoms with van der Waals surface area (Å²) in [5, 5.41) is 0. The summed E-state index contributed by atoms with van der Waals surface area (Å²) in [5.41, 5.74) is 0. The Morgan fingerprint density at radius 1 is 1.36 bits per heavy atom. The van der Waals surface area contributed by atoms with Gasteiger partial charge in [-0.15, -0.1) is 0 Å². The van der Waals surface area contributed by atoms with Crippen molar-refractivity contribution in [1.29, 1.82) is 0 Å². The molecule has 0 saturated heterocycles. The molecule has 0 aliphatic rings. The Labute approximate surface area is 65.2 Å². The highest BCUT2D eigenvalue weighted by Gasteiger charge is 2.10. The van der Waals surface area contributed by atoms with E-state index in [1.165, 1.54) is 11.9 Å². The van der Waals surface area contributed by atoms with Crippen LogP contribution in [0.1, 0.15) is 12.8 Å². The topological polar surface area (TPSA) is 54.5 Å². The van der Waals surface area contributed by atoms with Gasteiger partial charge in [0.1, 0.15) is 12.6 Å². The third kappa shape index (κ3) is 3.50. The number of hydrogen-bond donors (Lipinski definition) is 0. The summed E-state index contributed by atoms with van der Waals surface area (Å²) in [5.74, 6) is 0. The minimum Gasteiger partial charge on any atom is -0.339 e. The molecule has 0 heterocycles. The van der Waals surface area contributed by atoms with Crippen LogP contribution in [0.15, 0.2) is 0 Å². The third-order valence-corrected chi connectivity index (χ3v) is 1.43. The molecule has 0 N–H and O–H groups in total. The molecule has 1 amide bonds. The smallest absolute Gasteiger partial charge is 0.210 e. The molecule has 0 bridgehead atoms. The van der Waals surface area contributed by atoms with Crippen molar-refractivity contribution in [1.82, 2.24) is 4.90 Å². The summed E-state index contributed by atoms with van der Waals surface area (Å²) in [7, 11) is 1.51. The molecule has 4 nitrogen and oxygen atoms in total. The van der Waals surface area contributed by atoms with Crippen LogP contribution in [0.25, 0.3) is 0 Å². The molecule has 0 rings (SSSR count). The van der Waals surface area contributed by atoms with Crippen molar-refractivity contribution in [2.45, 2.75) is 18.9 Å². The maximum absolute atomic E-state index is 10.3. The number of likely N-dealkylation sites (N-methyl/N-ethyl adjacent to an activating group) is 1. The van der Waals surface area contributed by atoms with Gasteiger partial charge in [0.15, 0.2) is 0 Å². The molecule has 4 heteroatoms. The summed E-state index contributed by atoms with van der Waals surface area (Å²) in [6.07, 6.45) is 2.68. The van der Waals surface area contributed by atoms with Gasteiger partial charge < -0.3 is 14.5 Å². The average Bonchev–Trinajstić information content (AvgIpc) is 2.05. The quantitative estimate of drug-likeness (QED) is 0.494. The van der Waals surface area contributed by atoms with Crippen LogP contribution in [-0.4, -0.2) is 37.0 Å². The Morgan fingerprint density at radius 3 is 2.36 bits per heavy atom. The van der Waals surface area contributed by atoms with E-state index in [2.05, 4.69) is 0 Å². The van der Waals surface area contributed by atoms with Gasteiger partial charge in [0, 0.05) is 13.5 Å². The lowest BCUT2D eigenvalue weighted by molar-refractivity contribution is -0.124. The zero-order valence-corrected chi connectivity index (χ0v) is 6.40. The summed E-state index contributed by atoms with van der Waals surface area (Å²) >= 11 is 0. The molecule has 1 atom stereocenters. The first-order valence-electron chi connectivity index (χ1n) is 3.32. The first kappa shape index (κ1) is 9.81. The lowest BCUT2D eigenvalue weighted by atomic mass is 10.2. The predicted octanol–water partition coefficient (Wildman–Crippen LogP) is -0.379. The fourth-order valence-electron chi connectivity index (χ4n) is 0.685. The second-order valence-electron chi connectivity index (χ2n) is 2.22. The van der Waals surface area contributed by atoms with Gasteiger partial charge in [0.05, 0.1) is 6.04 Å². The van der Waals surface area contributed by atoms with E-state index in [0.29, 0.717) is 25.5 Å². The van der Waals surface area contributed by atoms with Crippen molar-refractivity contribution in [2.24, 2.45) is 0 Å². The largest absolute Gasteiger partial charge is 0.339 e. The minimum atomic E-state index is -0.460. The van der Waals surface area contributed by atoms with Gasteiger partial charge in [-0.05, 0) is 6.42 Å². The van der Waals surface area contributed by atoms with E-state index < -0.39 is 6.04 Å². The number of aldehydes is 2. The average molecular weight is 157 g/mol. The summed E-state index contributed by atoms with van der Waals surface area (Å²) in [6.45, 7) is 0. The lowest BCUT2D eigenvalue weighted by Crippen LogP contribution is -2.31. The molecule has 11 heavy (non-hydrogen) atoms. The summed E-state index contributed by atoms with van der Waals surface area (Å²) in [4.78, 5) is 31.6. The standard InChI is InChI=1S/C7H11NO3/c1-8(6-11)7(5-10)3-2-4-9/h4-7H,2-3H2,1H3. The Bertz CT molecular complexity index is 147. The highest BCUT2D eigenvalue weighted by molar-refractivity contribution is 5.64. The number of carbonyl (C=O) groups is 3. The first-order chi connectivity index (χ1) is 5.26. The van der Waals surface area contributed by atoms with E-state index in [0.717, 1.165) is 6.29 Å². The van der Waals surface area contributed by atoms with Crippen molar-refractivity contribution < 1.29 is 14.4 Å². The minimum absolute atomic E-state index is 0.307. The first-order valence-corrected chi connectivity index (χ1v) is 3.32. The van der Waals surface area contributed by atoms with Crippen LogP contribution in [0.4, 0.5) is 0 Å². The van der Waals surface area contributed by atoms with E-state index in [1.54, 1.807) is 0 Å². The van der Waals surface area contributed by atoms with Crippen LogP contribution < -0.4 is 0 Å². The zero-order valence-electron chi connectivity index (χ0n) is 6.40. The number of amides is 1. The predicted molar refractivity (Wildman–Crippen MR) is 39.0 cm³/mol. The Morgan fingerprint density at radius 2 is 2.00 bits per heavy atom. The molecule has 0 radical (unpaired) electrons. The van der Waals surface area contributed by atoms with Crippen molar-refractivity contribution in [2.75, 3.05) is 7.05 Å². The molecule has 0 aromatic rings. The van der Waals surface area contributed by atoms with Crippen LogP contribution in [-0.2, 0) is 14.4 Å². The molecular formula is C7H11NO3. The van der Waals surface area contributed by atoms with Gasteiger partial charge in [-0.2, -0.15) is 0 Å². The highest BCUT2D eigenvalue weighted by Crippen LogP contribution is 1.98. The fourth-order valence-corrected chi connectivity index (χ4v) is 0.685. The number of hydrogen-bond acceptors (Lipinski definition) is 3. The maximum atomic E-state index is 10.3. The van der Waals surface area contributed by atoms with Crippen molar-refractivity contribution in [3.05, 3.63) is 0 Å². The molecular weight excluding hydrogens is 146 g/mol. The van der Waals surface area contributed by atoms with Crippen molar-refractivity contribution >= 4 is 19.0 Å². The van der Waals surface area contributed by atoms with Gasteiger partial charge in [0.2, 0.25) is 6.41 Å². The SMILES string of the molecule is CN(C=O)C(C=O)CCC=O. The monoisotopic (exact) mass is 157 g/mol. The van der Waals surface area contributed by atoms with Crippen LogP contribution in [0.2, 0.25) is 0 Å². The highest BCUT2D eigenvalue weighted by atomic mass is 16.1. The number of rotatable bonds is 6.